The molecule has 5 N–H and O–H groups in total. The fourth-order valence-electron chi connectivity index (χ4n) is 2.45. The van der Waals surface area contributed by atoms with Crippen LogP contribution in [0.4, 0.5) is 11.4 Å². The van der Waals surface area contributed by atoms with Gasteiger partial charge in [0.05, 0.1) is 5.69 Å². The monoisotopic (exact) mass is 423 g/mol. The van der Waals surface area contributed by atoms with Gasteiger partial charge in [0.25, 0.3) is 11.8 Å². The summed E-state index contributed by atoms with van der Waals surface area (Å²) in [5, 5.41) is 3.33. The first-order chi connectivity index (χ1) is 12.9. The van der Waals surface area contributed by atoms with Gasteiger partial charge in [-0.1, -0.05) is 11.6 Å². The number of carbonyl (C=O) groups is 3. The van der Waals surface area contributed by atoms with Crippen LogP contribution < -0.4 is 21.7 Å². The number of nitrogens with two attached hydrogens (primary N) is 2. The number of aromatic nitrogens is 1. The van der Waals surface area contributed by atoms with Crippen molar-refractivity contribution < 1.29 is 14.4 Å². The van der Waals surface area contributed by atoms with Gasteiger partial charge in [-0.25, -0.2) is 0 Å². The zero-order valence-electron chi connectivity index (χ0n) is 15.9. The highest BCUT2D eigenvalue weighted by atomic mass is 35.5. The second-order valence-corrected chi connectivity index (χ2v) is 8.41. The number of nitrogens with zero attached hydrogens (tertiary/aromatic N) is 2. The Hall–Kier alpha value is -2.65. The molecule has 0 bridgehead atoms. The fraction of sp³-hybridized carbons (Fsp3) is 0.333. The first-order valence-electron chi connectivity index (χ1n) is 8.38. The minimum atomic E-state index is -0.869. The van der Waals surface area contributed by atoms with Gasteiger partial charge >= 0.3 is 0 Å². The minimum absolute atomic E-state index is 0.0270. The molecule has 0 fully saturated rings. The molecule has 1 aromatic carbocycles. The highest BCUT2D eigenvalue weighted by Crippen LogP contribution is 2.28. The zero-order valence-corrected chi connectivity index (χ0v) is 17.5. The number of primary amides is 1. The van der Waals surface area contributed by atoms with E-state index in [0.717, 1.165) is 11.5 Å². The molecular weight excluding hydrogens is 402 g/mol. The van der Waals surface area contributed by atoms with E-state index in [9.17, 15) is 14.4 Å². The number of benzene rings is 1. The molecule has 8 nitrogen and oxygen atoms in total. The number of nitrogen functional groups attached to an aromatic ring is 1. The molecule has 0 aliphatic carbocycles. The van der Waals surface area contributed by atoms with Crippen LogP contribution in [-0.4, -0.2) is 33.7 Å². The first kappa shape index (κ1) is 21.6. The summed E-state index contributed by atoms with van der Waals surface area (Å²) in [4.78, 5) is 38.7. The second-order valence-electron chi connectivity index (χ2n) is 7.21. The van der Waals surface area contributed by atoms with E-state index in [2.05, 4.69) is 9.69 Å². The molecule has 28 heavy (non-hydrogen) atoms. The number of anilines is 2. The molecule has 2 rings (SSSR count). The predicted octanol–water partition coefficient (Wildman–Crippen LogP) is 2.43. The summed E-state index contributed by atoms with van der Waals surface area (Å²) in [6, 6.07) is 5.58. The number of amides is 3. The molecule has 10 heteroatoms. The summed E-state index contributed by atoms with van der Waals surface area (Å²) < 4.78 is 3.86. The van der Waals surface area contributed by atoms with Crippen LogP contribution in [0.15, 0.2) is 24.3 Å². The van der Waals surface area contributed by atoms with E-state index in [1.165, 1.54) is 4.90 Å². The lowest BCUT2D eigenvalue weighted by atomic mass is 10.1. The lowest BCUT2D eigenvalue weighted by Gasteiger charge is -2.31. The summed E-state index contributed by atoms with van der Waals surface area (Å²) in [5.41, 5.74) is 10.8. The van der Waals surface area contributed by atoms with Crippen LogP contribution in [0.25, 0.3) is 0 Å². The third kappa shape index (κ3) is 4.79. The Morgan fingerprint density at radius 1 is 1.21 bits per heavy atom. The standard InChI is InChI=1S/C18H22ClN5O3S/c1-9(16(26)22-18(2,3)4)24(11-7-5-10(19)6-8-11)17(27)14-12(20)13(15(21)25)23-28-14/h5-9H,20H2,1-4H3,(H2,21,25)(H,22,26). The van der Waals surface area contributed by atoms with Crippen molar-refractivity contribution in [2.24, 2.45) is 5.73 Å². The van der Waals surface area contributed by atoms with Crippen LogP contribution in [-0.2, 0) is 4.79 Å². The molecule has 0 aliphatic rings. The Morgan fingerprint density at radius 2 is 1.79 bits per heavy atom. The summed E-state index contributed by atoms with van der Waals surface area (Å²) >= 11 is 6.70. The fourth-order valence-corrected chi connectivity index (χ4v) is 3.32. The van der Waals surface area contributed by atoms with Crippen molar-refractivity contribution in [1.29, 1.82) is 0 Å². The Balaban J connectivity index is 2.49. The Morgan fingerprint density at radius 3 is 2.25 bits per heavy atom. The maximum absolute atomic E-state index is 13.2. The average Bonchev–Trinajstić information content (AvgIpc) is 2.96. The summed E-state index contributed by atoms with van der Waals surface area (Å²) in [7, 11) is 0. The average molecular weight is 424 g/mol. The molecule has 0 saturated heterocycles. The normalized spacial score (nSPS) is 12.3. The number of hydrogen-bond donors (Lipinski definition) is 3. The van der Waals surface area contributed by atoms with Crippen LogP contribution in [0, 0.1) is 0 Å². The van der Waals surface area contributed by atoms with Crippen LogP contribution in [0.5, 0.6) is 0 Å². The molecular formula is C18H22ClN5O3S. The van der Waals surface area contributed by atoms with E-state index in [0.29, 0.717) is 10.7 Å². The molecule has 0 aliphatic heterocycles. The lowest BCUT2D eigenvalue weighted by molar-refractivity contribution is -0.123. The van der Waals surface area contributed by atoms with E-state index in [1.807, 2.05) is 20.8 Å². The molecule has 1 aromatic heterocycles. The van der Waals surface area contributed by atoms with Crippen LogP contribution in [0.2, 0.25) is 5.02 Å². The minimum Gasteiger partial charge on any atom is -0.395 e. The molecule has 1 atom stereocenters. The van der Waals surface area contributed by atoms with E-state index in [4.69, 9.17) is 23.1 Å². The van der Waals surface area contributed by atoms with Gasteiger partial charge in [0.2, 0.25) is 5.91 Å². The molecule has 0 saturated carbocycles. The van der Waals surface area contributed by atoms with Gasteiger partial charge in [-0.2, -0.15) is 4.37 Å². The topological polar surface area (TPSA) is 131 Å². The number of nitrogens with one attached hydrogen (secondary N) is 1. The third-order valence-electron chi connectivity index (χ3n) is 3.74. The molecule has 3 amide bonds. The van der Waals surface area contributed by atoms with E-state index in [-0.39, 0.29) is 22.2 Å². The highest BCUT2D eigenvalue weighted by Gasteiger charge is 2.33. The van der Waals surface area contributed by atoms with Gasteiger partial charge in [-0.15, -0.1) is 0 Å². The Kier molecular flexibility index (Phi) is 6.30. The van der Waals surface area contributed by atoms with Crippen molar-refractivity contribution in [3.8, 4) is 0 Å². The summed E-state index contributed by atoms with van der Waals surface area (Å²) in [5.74, 6) is -1.75. The van der Waals surface area contributed by atoms with Gasteiger partial charge in [0.1, 0.15) is 10.9 Å². The van der Waals surface area contributed by atoms with Crippen molar-refractivity contribution in [3.63, 3.8) is 0 Å². The van der Waals surface area contributed by atoms with Crippen molar-refractivity contribution in [3.05, 3.63) is 39.9 Å². The van der Waals surface area contributed by atoms with Gasteiger partial charge in [-0.3, -0.25) is 19.3 Å². The van der Waals surface area contributed by atoms with Crippen molar-refractivity contribution in [2.45, 2.75) is 39.3 Å². The van der Waals surface area contributed by atoms with Gasteiger partial charge < -0.3 is 16.8 Å². The number of hydrogen-bond acceptors (Lipinski definition) is 6. The van der Waals surface area contributed by atoms with Crippen molar-refractivity contribution >= 4 is 52.2 Å². The molecule has 1 unspecified atom stereocenters. The summed E-state index contributed by atoms with van der Waals surface area (Å²) in [6.45, 7) is 7.12. The predicted molar refractivity (Wildman–Crippen MR) is 111 cm³/mol. The van der Waals surface area contributed by atoms with Crippen LogP contribution in [0.1, 0.15) is 47.9 Å². The molecule has 1 heterocycles. The van der Waals surface area contributed by atoms with Gasteiger partial charge in [0, 0.05) is 16.2 Å². The molecule has 150 valence electrons. The van der Waals surface area contributed by atoms with Crippen LogP contribution >= 0.6 is 23.1 Å². The molecule has 0 radical (unpaired) electrons. The van der Waals surface area contributed by atoms with E-state index >= 15 is 0 Å². The maximum Gasteiger partial charge on any atom is 0.272 e. The SMILES string of the molecule is CC(C(=O)NC(C)(C)C)N(C(=O)c1snc(C(N)=O)c1N)c1ccc(Cl)cc1. The van der Waals surface area contributed by atoms with E-state index in [1.54, 1.807) is 31.2 Å². The van der Waals surface area contributed by atoms with Crippen molar-refractivity contribution in [1.82, 2.24) is 9.69 Å². The Labute approximate surface area is 172 Å². The largest absolute Gasteiger partial charge is 0.395 e. The van der Waals surface area contributed by atoms with Crippen LogP contribution in [0.3, 0.4) is 0 Å². The number of halogens is 1. The molecule has 0 spiro atoms. The number of carbonyl (C=O) groups excluding carboxylic acids is 3. The summed E-state index contributed by atoms with van der Waals surface area (Å²) in [6.07, 6.45) is 0. The Bertz CT molecular complexity index is 905. The third-order valence-corrected chi connectivity index (χ3v) is 4.85. The highest BCUT2D eigenvalue weighted by molar-refractivity contribution is 7.09. The van der Waals surface area contributed by atoms with E-state index < -0.39 is 23.4 Å². The quantitative estimate of drug-likeness (QED) is 0.679. The maximum atomic E-state index is 13.2. The second kappa shape index (κ2) is 8.15. The zero-order chi connectivity index (χ0) is 21.2. The van der Waals surface area contributed by atoms with Crippen molar-refractivity contribution in [2.75, 3.05) is 10.6 Å². The lowest BCUT2D eigenvalue weighted by Crippen LogP contribution is -2.52. The smallest absolute Gasteiger partial charge is 0.272 e. The van der Waals surface area contributed by atoms with Gasteiger partial charge in [-0.05, 0) is 63.5 Å². The van der Waals surface area contributed by atoms with Gasteiger partial charge in [0.15, 0.2) is 5.69 Å². The first-order valence-corrected chi connectivity index (χ1v) is 9.53. The molecule has 2 aromatic rings. The number of rotatable bonds is 5.